The highest BCUT2D eigenvalue weighted by Gasteiger charge is 2.31. The normalized spacial score (nSPS) is 15.4. The minimum atomic E-state index is -0.00329. The van der Waals surface area contributed by atoms with Gasteiger partial charge in [-0.3, -0.25) is 4.79 Å². The number of carbonyl (C=O) groups is 1. The second kappa shape index (κ2) is 7.23. The lowest BCUT2D eigenvalue weighted by molar-refractivity contribution is -0.121. The van der Waals surface area contributed by atoms with Crippen molar-refractivity contribution in [3.8, 4) is 10.6 Å². The molecule has 1 saturated carbocycles. The summed E-state index contributed by atoms with van der Waals surface area (Å²) in [5.41, 5.74) is 3.11. The topological polar surface area (TPSA) is 62.2 Å². The van der Waals surface area contributed by atoms with Crippen LogP contribution in [0.25, 0.3) is 10.6 Å². The van der Waals surface area contributed by atoms with Crippen molar-refractivity contribution in [1.29, 1.82) is 0 Å². The summed E-state index contributed by atoms with van der Waals surface area (Å²) in [4.78, 5) is 16.8. The Hall–Kier alpha value is -1.72. The van der Waals surface area contributed by atoms with Crippen LogP contribution in [0.15, 0.2) is 29.6 Å². The largest absolute Gasteiger partial charge is 0.396 e. The maximum absolute atomic E-state index is 12.2. The zero-order valence-electron chi connectivity index (χ0n) is 13.3. The van der Waals surface area contributed by atoms with Crippen LogP contribution in [-0.4, -0.2) is 28.6 Å². The van der Waals surface area contributed by atoms with Gasteiger partial charge in [-0.05, 0) is 38.2 Å². The van der Waals surface area contributed by atoms with Crippen LogP contribution in [0.4, 0.5) is 0 Å². The molecule has 1 fully saturated rings. The Balaban J connectivity index is 1.61. The van der Waals surface area contributed by atoms with Crippen LogP contribution in [0.2, 0.25) is 0 Å². The molecule has 0 bridgehead atoms. The SMILES string of the molecule is Cc1cccc(-c2nc(CC(=O)NC(CCO)C3CC3)cs2)c1. The third-order valence-electron chi connectivity index (χ3n) is 4.14. The first-order chi connectivity index (χ1) is 11.2. The van der Waals surface area contributed by atoms with E-state index in [1.54, 1.807) is 11.3 Å². The molecule has 0 spiro atoms. The number of benzene rings is 1. The van der Waals surface area contributed by atoms with E-state index in [-0.39, 0.29) is 18.6 Å². The number of amides is 1. The van der Waals surface area contributed by atoms with Gasteiger partial charge in [0, 0.05) is 23.6 Å². The highest BCUT2D eigenvalue weighted by Crippen LogP contribution is 2.34. The number of hydrogen-bond acceptors (Lipinski definition) is 4. The van der Waals surface area contributed by atoms with Gasteiger partial charge in [0.05, 0.1) is 12.1 Å². The van der Waals surface area contributed by atoms with Crippen molar-refractivity contribution < 1.29 is 9.90 Å². The summed E-state index contributed by atoms with van der Waals surface area (Å²) in [6.45, 7) is 2.18. The fourth-order valence-corrected chi connectivity index (χ4v) is 3.60. The van der Waals surface area contributed by atoms with Crippen molar-refractivity contribution in [2.45, 2.75) is 38.6 Å². The molecule has 1 aromatic carbocycles. The predicted molar refractivity (Wildman–Crippen MR) is 92.3 cm³/mol. The van der Waals surface area contributed by atoms with Gasteiger partial charge in [0.15, 0.2) is 0 Å². The summed E-state index contributed by atoms with van der Waals surface area (Å²) in [5, 5.41) is 15.1. The lowest BCUT2D eigenvalue weighted by atomic mass is 10.1. The summed E-state index contributed by atoms with van der Waals surface area (Å²) in [6, 6.07) is 8.34. The molecule has 4 nitrogen and oxygen atoms in total. The molecule has 0 aliphatic heterocycles. The van der Waals surface area contributed by atoms with Crippen LogP contribution in [0.1, 0.15) is 30.5 Å². The Bertz CT molecular complexity index is 679. The molecule has 23 heavy (non-hydrogen) atoms. The average molecular weight is 330 g/mol. The van der Waals surface area contributed by atoms with Gasteiger partial charge in [-0.2, -0.15) is 0 Å². The van der Waals surface area contributed by atoms with Gasteiger partial charge in [0.2, 0.25) is 5.91 Å². The number of hydrogen-bond donors (Lipinski definition) is 2. The summed E-state index contributed by atoms with van der Waals surface area (Å²) in [6.07, 6.45) is 3.25. The molecule has 1 aliphatic carbocycles. The molecule has 1 heterocycles. The Labute approximate surface area is 140 Å². The van der Waals surface area contributed by atoms with Crippen molar-refractivity contribution in [2.75, 3.05) is 6.61 Å². The standard InChI is InChI=1S/C18H22N2O2S/c1-12-3-2-4-14(9-12)18-19-15(11-23-18)10-17(22)20-16(7-8-21)13-5-6-13/h2-4,9,11,13,16,21H,5-8,10H2,1H3,(H,20,22). The van der Waals surface area contributed by atoms with E-state index in [4.69, 9.17) is 5.11 Å². The fourth-order valence-electron chi connectivity index (χ4n) is 2.78. The number of nitrogens with zero attached hydrogens (tertiary/aromatic N) is 1. The van der Waals surface area contributed by atoms with E-state index in [0.29, 0.717) is 18.8 Å². The first-order valence-corrected chi connectivity index (χ1v) is 8.95. The number of carbonyl (C=O) groups excluding carboxylic acids is 1. The van der Waals surface area contributed by atoms with E-state index in [2.05, 4.69) is 29.4 Å². The molecule has 1 atom stereocenters. The van der Waals surface area contributed by atoms with Crippen LogP contribution in [0.3, 0.4) is 0 Å². The van der Waals surface area contributed by atoms with E-state index in [9.17, 15) is 4.79 Å². The van der Waals surface area contributed by atoms with Crippen molar-refractivity contribution in [2.24, 2.45) is 5.92 Å². The molecule has 1 aliphatic rings. The quantitative estimate of drug-likeness (QED) is 0.820. The summed E-state index contributed by atoms with van der Waals surface area (Å²) < 4.78 is 0. The van der Waals surface area contributed by atoms with Crippen LogP contribution in [0.5, 0.6) is 0 Å². The molecule has 2 aromatic rings. The van der Waals surface area contributed by atoms with Crippen LogP contribution in [-0.2, 0) is 11.2 Å². The van der Waals surface area contributed by atoms with Crippen LogP contribution >= 0.6 is 11.3 Å². The van der Waals surface area contributed by atoms with Crippen LogP contribution in [0, 0.1) is 12.8 Å². The smallest absolute Gasteiger partial charge is 0.226 e. The van der Waals surface area contributed by atoms with Gasteiger partial charge in [0.25, 0.3) is 0 Å². The maximum atomic E-state index is 12.2. The monoisotopic (exact) mass is 330 g/mol. The zero-order valence-corrected chi connectivity index (χ0v) is 14.1. The molecule has 1 unspecified atom stereocenters. The van der Waals surface area contributed by atoms with Crippen molar-refractivity contribution in [1.82, 2.24) is 10.3 Å². The van der Waals surface area contributed by atoms with Gasteiger partial charge in [-0.25, -0.2) is 4.98 Å². The molecule has 0 radical (unpaired) electrons. The molecule has 1 amide bonds. The second-order valence-electron chi connectivity index (χ2n) is 6.21. The summed E-state index contributed by atoms with van der Waals surface area (Å²) >= 11 is 1.57. The van der Waals surface area contributed by atoms with Gasteiger partial charge in [0.1, 0.15) is 5.01 Å². The molecule has 122 valence electrons. The van der Waals surface area contributed by atoms with E-state index in [0.717, 1.165) is 29.1 Å². The van der Waals surface area contributed by atoms with Gasteiger partial charge >= 0.3 is 0 Å². The third kappa shape index (κ3) is 4.39. The van der Waals surface area contributed by atoms with Crippen molar-refractivity contribution >= 4 is 17.2 Å². The third-order valence-corrected chi connectivity index (χ3v) is 5.08. The van der Waals surface area contributed by atoms with Crippen LogP contribution < -0.4 is 5.32 Å². The van der Waals surface area contributed by atoms with Gasteiger partial charge < -0.3 is 10.4 Å². The van der Waals surface area contributed by atoms with Crippen molar-refractivity contribution in [3.63, 3.8) is 0 Å². The molecule has 1 aromatic heterocycles. The lowest BCUT2D eigenvalue weighted by Gasteiger charge is -2.16. The molecular weight excluding hydrogens is 308 g/mol. The van der Waals surface area contributed by atoms with Gasteiger partial charge in [-0.1, -0.05) is 23.8 Å². The number of rotatable bonds is 7. The molecule has 2 N–H and O–H groups in total. The number of aromatic nitrogens is 1. The Morgan fingerprint density at radius 2 is 2.30 bits per heavy atom. The van der Waals surface area contributed by atoms with E-state index in [1.807, 2.05) is 17.5 Å². The van der Waals surface area contributed by atoms with E-state index < -0.39 is 0 Å². The maximum Gasteiger partial charge on any atom is 0.226 e. The molecule has 5 heteroatoms. The highest BCUT2D eigenvalue weighted by molar-refractivity contribution is 7.13. The molecule has 3 rings (SSSR count). The zero-order chi connectivity index (χ0) is 16.2. The number of aliphatic hydroxyl groups excluding tert-OH is 1. The number of thiazole rings is 1. The fraction of sp³-hybridized carbons (Fsp3) is 0.444. The highest BCUT2D eigenvalue weighted by atomic mass is 32.1. The Morgan fingerprint density at radius 3 is 3.00 bits per heavy atom. The minimum Gasteiger partial charge on any atom is -0.396 e. The van der Waals surface area contributed by atoms with Crippen molar-refractivity contribution in [3.05, 3.63) is 40.9 Å². The summed E-state index contributed by atoms with van der Waals surface area (Å²) in [5.74, 6) is 0.542. The predicted octanol–water partition coefficient (Wildman–Crippen LogP) is 2.94. The Kier molecular flexibility index (Phi) is 5.08. The van der Waals surface area contributed by atoms with E-state index >= 15 is 0 Å². The second-order valence-corrected chi connectivity index (χ2v) is 7.07. The number of aryl methyl sites for hydroxylation is 1. The number of nitrogens with one attached hydrogen (secondary N) is 1. The Morgan fingerprint density at radius 1 is 1.48 bits per heavy atom. The van der Waals surface area contributed by atoms with Gasteiger partial charge in [-0.15, -0.1) is 11.3 Å². The first-order valence-electron chi connectivity index (χ1n) is 8.07. The lowest BCUT2D eigenvalue weighted by Crippen LogP contribution is -2.38. The molecule has 0 saturated heterocycles. The van der Waals surface area contributed by atoms with E-state index in [1.165, 1.54) is 5.56 Å². The number of aliphatic hydroxyl groups is 1. The minimum absolute atomic E-state index is 0.00329. The first kappa shape index (κ1) is 16.1. The molecular formula is C18H22N2O2S. The average Bonchev–Trinajstić information content (AvgIpc) is 3.27. The summed E-state index contributed by atoms with van der Waals surface area (Å²) in [7, 11) is 0.